The predicted octanol–water partition coefficient (Wildman–Crippen LogP) is 2.61. The summed E-state index contributed by atoms with van der Waals surface area (Å²) in [4.78, 5) is 11.9. The number of aryl methyl sites for hydroxylation is 1. The van der Waals surface area contributed by atoms with Gasteiger partial charge in [-0.25, -0.2) is 9.48 Å². The van der Waals surface area contributed by atoms with E-state index in [9.17, 15) is 4.79 Å². The molecule has 0 unspecified atom stereocenters. The Morgan fingerprint density at radius 1 is 1.28 bits per heavy atom. The highest BCUT2D eigenvalue weighted by atomic mass is 16.5. The Bertz CT molecular complexity index is 532. The first-order valence-corrected chi connectivity index (χ1v) is 6.07. The van der Waals surface area contributed by atoms with E-state index in [1.807, 2.05) is 37.3 Å². The van der Waals surface area contributed by atoms with Crippen molar-refractivity contribution in [1.29, 1.82) is 0 Å². The average Bonchev–Trinajstić information content (AvgIpc) is 2.84. The van der Waals surface area contributed by atoms with E-state index >= 15 is 0 Å². The number of rotatable bonds is 4. The molecule has 0 saturated heterocycles. The Balaban J connectivity index is 2.45. The number of esters is 1. The molecule has 0 saturated carbocycles. The van der Waals surface area contributed by atoms with Gasteiger partial charge < -0.3 is 4.74 Å². The highest BCUT2D eigenvalue weighted by Crippen LogP contribution is 2.14. The Morgan fingerprint density at radius 3 is 2.61 bits per heavy atom. The number of hydrogen-bond donors (Lipinski definition) is 0. The Kier molecular flexibility index (Phi) is 3.77. The normalized spacial score (nSPS) is 10.3. The van der Waals surface area contributed by atoms with Crippen LogP contribution < -0.4 is 0 Å². The number of carbonyl (C=O) groups is 1. The SMILES string of the molecule is CCOC(=O)c1cc(CC)nn1-c1ccccc1. The summed E-state index contributed by atoms with van der Waals surface area (Å²) in [6.07, 6.45) is 0.784. The summed E-state index contributed by atoms with van der Waals surface area (Å²) < 4.78 is 6.68. The fraction of sp³-hybridized carbons (Fsp3) is 0.286. The monoisotopic (exact) mass is 244 g/mol. The molecule has 0 spiro atoms. The van der Waals surface area contributed by atoms with Gasteiger partial charge in [0, 0.05) is 0 Å². The second-order valence-electron chi connectivity index (χ2n) is 3.84. The Morgan fingerprint density at radius 2 is 2.00 bits per heavy atom. The van der Waals surface area contributed by atoms with Gasteiger partial charge >= 0.3 is 5.97 Å². The van der Waals surface area contributed by atoms with Crippen molar-refractivity contribution in [1.82, 2.24) is 9.78 Å². The van der Waals surface area contributed by atoms with E-state index in [4.69, 9.17) is 4.74 Å². The third-order valence-corrected chi connectivity index (χ3v) is 2.61. The van der Waals surface area contributed by atoms with Gasteiger partial charge in [-0.05, 0) is 31.5 Å². The summed E-state index contributed by atoms with van der Waals surface area (Å²) in [5.41, 5.74) is 2.21. The highest BCUT2D eigenvalue weighted by Gasteiger charge is 2.16. The number of hydrogen-bond acceptors (Lipinski definition) is 3. The number of ether oxygens (including phenoxy) is 1. The van der Waals surface area contributed by atoms with Crippen molar-refractivity contribution in [2.45, 2.75) is 20.3 Å². The van der Waals surface area contributed by atoms with Crippen LogP contribution in [0.1, 0.15) is 30.0 Å². The molecule has 2 rings (SSSR count). The molecular formula is C14H16N2O2. The summed E-state index contributed by atoms with van der Waals surface area (Å²) in [5.74, 6) is -0.339. The lowest BCUT2D eigenvalue weighted by Crippen LogP contribution is -2.11. The zero-order valence-electron chi connectivity index (χ0n) is 10.6. The summed E-state index contributed by atoms with van der Waals surface area (Å²) in [6.45, 7) is 4.16. The predicted molar refractivity (Wildman–Crippen MR) is 68.9 cm³/mol. The molecule has 0 aliphatic carbocycles. The second-order valence-corrected chi connectivity index (χ2v) is 3.84. The van der Waals surface area contributed by atoms with Crippen LogP contribution in [0.15, 0.2) is 36.4 Å². The molecule has 0 radical (unpaired) electrons. The van der Waals surface area contributed by atoms with Gasteiger partial charge in [-0.15, -0.1) is 0 Å². The summed E-state index contributed by atoms with van der Waals surface area (Å²) in [6, 6.07) is 11.4. The first-order chi connectivity index (χ1) is 8.76. The molecule has 0 aliphatic heterocycles. The van der Waals surface area contributed by atoms with Crippen molar-refractivity contribution < 1.29 is 9.53 Å². The van der Waals surface area contributed by atoms with Crippen LogP contribution in [0.4, 0.5) is 0 Å². The van der Waals surface area contributed by atoms with Crippen LogP contribution in [0.2, 0.25) is 0 Å². The summed E-state index contributed by atoms with van der Waals surface area (Å²) >= 11 is 0. The lowest BCUT2D eigenvalue weighted by molar-refractivity contribution is 0.0516. The molecule has 2 aromatic rings. The average molecular weight is 244 g/mol. The number of nitrogens with zero attached hydrogens (tertiary/aromatic N) is 2. The maximum absolute atomic E-state index is 11.9. The van der Waals surface area contributed by atoms with E-state index in [0.717, 1.165) is 17.8 Å². The second kappa shape index (κ2) is 5.49. The van der Waals surface area contributed by atoms with Gasteiger partial charge in [0.05, 0.1) is 18.0 Å². The van der Waals surface area contributed by atoms with E-state index in [1.165, 1.54) is 0 Å². The quantitative estimate of drug-likeness (QED) is 0.776. The van der Waals surface area contributed by atoms with Crippen molar-refractivity contribution in [2.75, 3.05) is 6.61 Å². The minimum absolute atomic E-state index is 0.339. The molecule has 18 heavy (non-hydrogen) atoms. The van der Waals surface area contributed by atoms with E-state index in [-0.39, 0.29) is 5.97 Å². The third-order valence-electron chi connectivity index (χ3n) is 2.61. The molecule has 4 nitrogen and oxygen atoms in total. The minimum atomic E-state index is -0.339. The molecule has 0 fully saturated rings. The maximum Gasteiger partial charge on any atom is 0.357 e. The van der Waals surface area contributed by atoms with Crippen LogP contribution in [0.25, 0.3) is 5.69 Å². The zero-order valence-corrected chi connectivity index (χ0v) is 10.6. The van der Waals surface area contributed by atoms with Crippen molar-refractivity contribution in [2.24, 2.45) is 0 Å². The van der Waals surface area contributed by atoms with Crippen LogP contribution >= 0.6 is 0 Å². The van der Waals surface area contributed by atoms with Crippen LogP contribution in [-0.4, -0.2) is 22.4 Å². The van der Waals surface area contributed by atoms with Crippen LogP contribution in [0.5, 0.6) is 0 Å². The van der Waals surface area contributed by atoms with Crippen molar-refractivity contribution in [3.63, 3.8) is 0 Å². The van der Waals surface area contributed by atoms with Crippen molar-refractivity contribution in [3.05, 3.63) is 47.8 Å². The molecule has 0 atom stereocenters. The largest absolute Gasteiger partial charge is 0.461 e. The van der Waals surface area contributed by atoms with Gasteiger partial charge in [-0.2, -0.15) is 5.10 Å². The van der Waals surface area contributed by atoms with Gasteiger partial charge in [0.1, 0.15) is 0 Å². The van der Waals surface area contributed by atoms with E-state index < -0.39 is 0 Å². The lowest BCUT2D eigenvalue weighted by Gasteiger charge is -2.06. The Labute approximate surface area is 106 Å². The van der Waals surface area contributed by atoms with Crippen molar-refractivity contribution in [3.8, 4) is 5.69 Å². The molecular weight excluding hydrogens is 228 g/mol. The first kappa shape index (κ1) is 12.4. The molecule has 0 aliphatic rings. The first-order valence-electron chi connectivity index (χ1n) is 6.07. The van der Waals surface area contributed by atoms with Gasteiger partial charge in [0.15, 0.2) is 5.69 Å². The topological polar surface area (TPSA) is 44.1 Å². The molecule has 94 valence electrons. The fourth-order valence-electron chi connectivity index (χ4n) is 1.72. The summed E-state index contributed by atoms with van der Waals surface area (Å²) in [5, 5.41) is 4.42. The van der Waals surface area contributed by atoms with Gasteiger partial charge in [0.2, 0.25) is 0 Å². The third kappa shape index (κ3) is 2.42. The van der Waals surface area contributed by atoms with Crippen LogP contribution in [0, 0.1) is 0 Å². The lowest BCUT2D eigenvalue weighted by atomic mass is 10.3. The van der Waals surface area contributed by atoms with E-state index in [1.54, 1.807) is 17.7 Å². The zero-order chi connectivity index (χ0) is 13.0. The molecule has 1 heterocycles. The fourth-order valence-corrected chi connectivity index (χ4v) is 1.72. The number of carbonyl (C=O) groups excluding carboxylic acids is 1. The molecule has 0 amide bonds. The number of para-hydroxylation sites is 1. The minimum Gasteiger partial charge on any atom is -0.461 e. The maximum atomic E-state index is 11.9. The van der Waals surface area contributed by atoms with Crippen LogP contribution in [0.3, 0.4) is 0 Å². The molecule has 0 bridgehead atoms. The molecule has 1 aromatic heterocycles. The van der Waals surface area contributed by atoms with E-state index in [2.05, 4.69) is 5.10 Å². The standard InChI is InChI=1S/C14H16N2O2/c1-3-11-10-13(14(17)18-4-2)16(15-11)12-8-6-5-7-9-12/h5-10H,3-4H2,1-2H3. The number of benzene rings is 1. The van der Waals surface area contributed by atoms with Gasteiger partial charge in [-0.3, -0.25) is 0 Å². The van der Waals surface area contributed by atoms with Gasteiger partial charge in [-0.1, -0.05) is 25.1 Å². The van der Waals surface area contributed by atoms with Crippen molar-refractivity contribution >= 4 is 5.97 Å². The Hall–Kier alpha value is -2.10. The van der Waals surface area contributed by atoms with E-state index in [0.29, 0.717) is 12.3 Å². The smallest absolute Gasteiger partial charge is 0.357 e. The number of aromatic nitrogens is 2. The highest BCUT2D eigenvalue weighted by molar-refractivity contribution is 5.88. The van der Waals surface area contributed by atoms with Crippen LogP contribution in [-0.2, 0) is 11.2 Å². The summed E-state index contributed by atoms with van der Waals surface area (Å²) in [7, 11) is 0. The van der Waals surface area contributed by atoms with Gasteiger partial charge in [0.25, 0.3) is 0 Å². The molecule has 4 heteroatoms. The molecule has 0 N–H and O–H groups in total. The molecule has 1 aromatic carbocycles.